The third-order valence-corrected chi connectivity index (χ3v) is 5.51. The molecule has 6 heteroatoms. The smallest absolute Gasteiger partial charge is 0.224 e. The molecular formula is C19H22FN3OS. The van der Waals surface area contributed by atoms with Crippen LogP contribution in [0, 0.1) is 19.7 Å². The molecule has 0 atom stereocenters. The number of nitrogens with one attached hydrogen (secondary N) is 2. The molecule has 0 bridgehead atoms. The van der Waals surface area contributed by atoms with Crippen molar-refractivity contribution in [2.75, 3.05) is 0 Å². The van der Waals surface area contributed by atoms with E-state index in [1.54, 1.807) is 17.4 Å². The topological polar surface area (TPSA) is 57.8 Å². The second kappa shape index (κ2) is 7.35. The quantitative estimate of drug-likeness (QED) is 0.693. The molecular weight excluding hydrogens is 337 g/mol. The number of hydrogen-bond acceptors (Lipinski definition) is 3. The van der Waals surface area contributed by atoms with Crippen molar-refractivity contribution < 1.29 is 9.18 Å². The standard InChI is InChI=1S/C19H22FN3OS/c1-4-6-18-22-12(3)16(25-18)10-21-17(24)9-14-11(2)23-19-13(14)7-5-8-15(19)20/h5,7-8,23H,4,6,9-10H2,1-3H3,(H,21,24). The molecule has 0 aliphatic heterocycles. The van der Waals surface area contributed by atoms with E-state index in [2.05, 4.69) is 22.2 Å². The molecule has 0 saturated carbocycles. The van der Waals surface area contributed by atoms with Crippen molar-refractivity contribution in [3.63, 3.8) is 0 Å². The second-order valence-corrected chi connectivity index (χ2v) is 7.38. The Morgan fingerprint density at radius 1 is 1.36 bits per heavy atom. The van der Waals surface area contributed by atoms with Crippen molar-refractivity contribution in [3.05, 3.63) is 50.9 Å². The average Bonchev–Trinajstić information content (AvgIpc) is 3.07. The molecule has 0 aliphatic rings. The lowest BCUT2D eigenvalue weighted by Gasteiger charge is -2.05. The summed E-state index contributed by atoms with van der Waals surface area (Å²) < 4.78 is 13.9. The number of carbonyl (C=O) groups is 1. The number of aromatic amines is 1. The van der Waals surface area contributed by atoms with Gasteiger partial charge in [0.1, 0.15) is 5.82 Å². The molecule has 0 unspecified atom stereocenters. The lowest BCUT2D eigenvalue weighted by Crippen LogP contribution is -2.24. The number of carbonyl (C=O) groups excluding carboxylic acids is 1. The van der Waals surface area contributed by atoms with E-state index in [4.69, 9.17) is 0 Å². The Kier molecular flexibility index (Phi) is 5.18. The first-order valence-electron chi connectivity index (χ1n) is 8.47. The highest BCUT2D eigenvalue weighted by atomic mass is 32.1. The zero-order chi connectivity index (χ0) is 18.0. The first-order chi connectivity index (χ1) is 12.0. The highest BCUT2D eigenvalue weighted by Crippen LogP contribution is 2.25. The molecule has 0 spiro atoms. The van der Waals surface area contributed by atoms with E-state index in [1.165, 1.54) is 6.07 Å². The van der Waals surface area contributed by atoms with Crippen molar-refractivity contribution in [2.24, 2.45) is 0 Å². The van der Waals surface area contributed by atoms with Crippen LogP contribution < -0.4 is 5.32 Å². The van der Waals surface area contributed by atoms with Crippen molar-refractivity contribution in [1.29, 1.82) is 0 Å². The van der Waals surface area contributed by atoms with E-state index >= 15 is 0 Å². The number of fused-ring (bicyclic) bond motifs is 1. The number of rotatable bonds is 6. The fourth-order valence-corrected chi connectivity index (χ4v) is 4.08. The van der Waals surface area contributed by atoms with Crippen LogP contribution in [-0.2, 0) is 24.2 Å². The molecule has 1 aromatic carbocycles. The maximum Gasteiger partial charge on any atom is 0.224 e. The third kappa shape index (κ3) is 3.74. The van der Waals surface area contributed by atoms with Gasteiger partial charge in [-0.25, -0.2) is 9.37 Å². The number of aryl methyl sites for hydroxylation is 3. The number of halogens is 1. The molecule has 0 fully saturated rings. The summed E-state index contributed by atoms with van der Waals surface area (Å²) in [5.74, 6) is -0.367. The highest BCUT2D eigenvalue weighted by molar-refractivity contribution is 7.11. The molecule has 2 aromatic heterocycles. The fraction of sp³-hybridized carbons (Fsp3) is 0.368. The Morgan fingerprint density at radius 2 is 2.16 bits per heavy atom. The van der Waals surface area contributed by atoms with Crippen molar-refractivity contribution in [2.45, 2.75) is 46.6 Å². The van der Waals surface area contributed by atoms with Crippen molar-refractivity contribution in [3.8, 4) is 0 Å². The minimum absolute atomic E-state index is 0.0712. The number of H-pyrrole nitrogens is 1. The van der Waals surface area contributed by atoms with Gasteiger partial charge < -0.3 is 10.3 Å². The van der Waals surface area contributed by atoms with E-state index in [0.717, 1.165) is 45.1 Å². The Bertz CT molecular complexity index is 913. The fourth-order valence-electron chi connectivity index (χ4n) is 2.97. The zero-order valence-corrected chi connectivity index (χ0v) is 15.5. The van der Waals surface area contributed by atoms with Gasteiger partial charge in [-0.2, -0.15) is 0 Å². The number of benzene rings is 1. The number of para-hydroxylation sites is 1. The van der Waals surface area contributed by atoms with E-state index in [1.807, 2.05) is 19.9 Å². The van der Waals surface area contributed by atoms with Crippen LogP contribution in [0.15, 0.2) is 18.2 Å². The molecule has 3 rings (SSSR count). The zero-order valence-electron chi connectivity index (χ0n) is 14.7. The molecule has 1 amide bonds. The number of aromatic nitrogens is 2. The summed E-state index contributed by atoms with van der Waals surface area (Å²) in [5, 5.41) is 4.85. The predicted octanol–water partition coefficient (Wildman–Crippen LogP) is 4.19. The van der Waals surface area contributed by atoms with E-state index < -0.39 is 0 Å². The molecule has 2 N–H and O–H groups in total. The molecule has 25 heavy (non-hydrogen) atoms. The summed E-state index contributed by atoms with van der Waals surface area (Å²) in [7, 11) is 0. The minimum atomic E-state index is -0.295. The lowest BCUT2D eigenvalue weighted by atomic mass is 10.1. The Balaban J connectivity index is 1.69. The number of nitrogens with zero attached hydrogens (tertiary/aromatic N) is 1. The number of thiazole rings is 1. The first-order valence-corrected chi connectivity index (χ1v) is 9.28. The molecule has 132 valence electrons. The lowest BCUT2D eigenvalue weighted by molar-refractivity contribution is -0.120. The molecule has 3 aromatic rings. The van der Waals surface area contributed by atoms with Gasteiger partial charge in [-0.05, 0) is 38.3 Å². The highest BCUT2D eigenvalue weighted by Gasteiger charge is 2.15. The van der Waals surface area contributed by atoms with Crippen LogP contribution in [0.5, 0.6) is 0 Å². The van der Waals surface area contributed by atoms with Crippen molar-refractivity contribution >= 4 is 28.1 Å². The maximum absolute atomic E-state index is 13.9. The van der Waals surface area contributed by atoms with E-state index in [-0.39, 0.29) is 18.1 Å². The van der Waals surface area contributed by atoms with Gasteiger partial charge in [0.15, 0.2) is 0 Å². The van der Waals surface area contributed by atoms with Crippen LogP contribution in [0.1, 0.15) is 40.2 Å². The molecule has 4 nitrogen and oxygen atoms in total. The summed E-state index contributed by atoms with van der Waals surface area (Å²) in [5.41, 5.74) is 3.12. The van der Waals surface area contributed by atoms with Gasteiger partial charge in [0, 0.05) is 16.0 Å². The Hall–Kier alpha value is -2.21. The van der Waals surface area contributed by atoms with Gasteiger partial charge >= 0.3 is 0 Å². The summed E-state index contributed by atoms with van der Waals surface area (Å²) in [4.78, 5) is 21.0. The van der Waals surface area contributed by atoms with Gasteiger partial charge in [-0.3, -0.25) is 4.79 Å². The second-order valence-electron chi connectivity index (χ2n) is 6.21. The monoisotopic (exact) mass is 359 g/mol. The predicted molar refractivity (Wildman–Crippen MR) is 99.4 cm³/mol. The SMILES string of the molecule is CCCc1nc(C)c(CNC(=O)Cc2c(C)[nH]c3c(F)cccc23)s1. The van der Waals surface area contributed by atoms with Crippen LogP contribution >= 0.6 is 11.3 Å². The van der Waals surface area contributed by atoms with E-state index in [0.29, 0.717) is 12.1 Å². The number of amides is 1. The largest absolute Gasteiger partial charge is 0.356 e. The van der Waals surface area contributed by atoms with Crippen LogP contribution in [0.25, 0.3) is 10.9 Å². The molecule has 0 aliphatic carbocycles. The summed E-state index contributed by atoms with van der Waals surface area (Å²) in [6.07, 6.45) is 2.27. The number of hydrogen-bond donors (Lipinski definition) is 2. The molecule has 0 saturated heterocycles. The Labute approximate surface area is 150 Å². The summed E-state index contributed by atoms with van der Waals surface area (Å²) >= 11 is 1.66. The van der Waals surface area contributed by atoms with Crippen LogP contribution in [-0.4, -0.2) is 15.9 Å². The van der Waals surface area contributed by atoms with Gasteiger partial charge in [-0.1, -0.05) is 19.1 Å². The van der Waals surface area contributed by atoms with Gasteiger partial charge in [0.05, 0.1) is 29.2 Å². The van der Waals surface area contributed by atoms with Gasteiger partial charge in [0.25, 0.3) is 0 Å². The van der Waals surface area contributed by atoms with Gasteiger partial charge in [0.2, 0.25) is 5.91 Å². The Morgan fingerprint density at radius 3 is 2.92 bits per heavy atom. The minimum Gasteiger partial charge on any atom is -0.356 e. The van der Waals surface area contributed by atoms with E-state index in [9.17, 15) is 9.18 Å². The van der Waals surface area contributed by atoms with Crippen molar-refractivity contribution in [1.82, 2.24) is 15.3 Å². The van der Waals surface area contributed by atoms with Crippen LogP contribution in [0.4, 0.5) is 4.39 Å². The average molecular weight is 359 g/mol. The van der Waals surface area contributed by atoms with Gasteiger partial charge in [-0.15, -0.1) is 11.3 Å². The maximum atomic E-state index is 13.9. The van der Waals surface area contributed by atoms with Crippen LogP contribution in [0.2, 0.25) is 0 Å². The summed E-state index contributed by atoms with van der Waals surface area (Å²) in [6.45, 7) is 6.46. The molecule has 0 radical (unpaired) electrons. The molecule has 2 heterocycles. The normalized spacial score (nSPS) is 11.2. The first kappa shape index (κ1) is 17.6. The van der Waals surface area contributed by atoms with Crippen LogP contribution in [0.3, 0.4) is 0 Å². The third-order valence-electron chi connectivity index (χ3n) is 4.29. The summed E-state index contributed by atoms with van der Waals surface area (Å²) in [6, 6.07) is 4.93.